The highest BCUT2D eigenvalue weighted by atomic mass is 16.5. The molecule has 0 saturated carbocycles. The normalized spacial score (nSPS) is 11.0. The van der Waals surface area contributed by atoms with Crippen LogP contribution in [0.2, 0.25) is 0 Å². The van der Waals surface area contributed by atoms with Crippen molar-refractivity contribution < 1.29 is 14.1 Å². The lowest BCUT2D eigenvalue weighted by Gasteiger charge is -2.08. The van der Waals surface area contributed by atoms with E-state index in [0.29, 0.717) is 29.1 Å². The summed E-state index contributed by atoms with van der Waals surface area (Å²) in [6.07, 6.45) is 0.228. The number of rotatable bonds is 6. The molecule has 0 radical (unpaired) electrons. The molecular weight excluding hydrogens is 372 g/mol. The molecular formula is C21H20N4O4. The Morgan fingerprint density at radius 1 is 1.10 bits per heavy atom. The molecule has 0 unspecified atom stereocenters. The summed E-state index contributed by atoms with van der Waals surface area (Å²) in [5, 5.41) is 6.75. The predicted octanol–water partition coefficient (Wildman–Crippen LogP) is 3.22. The first kappa shape index (κ1) is 18.5. The molecule has 8 nitrogen and oxygen atoms in total. The summed E-state index contributed by atoms with van der Waals surface area (Å²) in [5.74, 6) is 1.31. The SMILES string of the molecule is Cc1noc(C)c1COc1ccc(CC(=O)Nc2ccc3[nH]c(=O)[nH]c3c2)cc1. The number of nitrogens with one attached hydrogen (secondary N) is 3. The van der Waals surface area contributed by atoms with Gasteiger partial charge in [-0.3, -0.25) is 4.79 Å². The fraction of sp³-hybridized carbons (Fsp3) is 0.190. The fourth-order valence-corrected chi connectivity index (χ4v) is 3.07. The quantitative estimate of drug-likeness (QED) is 0.466. The van der Waals surface area contributed by atoms with Crippen molar-refractivity contribution in [2.24, 2.45) is 0 Å². The van der Waals surface area contributed by atoms with Crippen molar-refractivity contribution in [2.75, 3.05) is 5.32 Å². The summed E-state index contributed by atoms with van der Waals surface area (Å²) in [7, 11) is 0. The lowest BCUT2D eigenvalue weighted by molar-refractivity contribution is -0.115. The zero-order chi connectivity index (χ0) is 20.4. The van der Waals surface area contributed by atoms with Gasteiger partial charge in [0.15, 0.2) is 0 Å². The minimum Gasteiger partial charge on any atom is -0.489 e. The Morgan fingerprint density at radius 3 is 2.59 bits per heavy atom. The second kappa shape index (κ2) is 7.67. The van der Waals surface area contributed by atoms with E-state index in [9.17, 15) is 9.59 Å². The van der Waals surface area contributed by atoms with Crippen LogP contribution in [0.15, 0.2) is 51.8 Å². The highest BCUT2D eigenvalue weighted by molar-refractivity contribution is 5.94. The monoisotopic (exact) mass is 392 g/mol. The van der Waals surface area contributed by atoms with Crippen LogP contribution in [0.25, 0.3) is 11.0 Å². The van der Waals surface area contributed by atoms with Crippen LogP contribution in [0, 0.1) is 13.8 Å². The topological polar surface area (TPSA) is 113 Å². The molecule has 0 spiro atoms. The maximum Gasteiger partial charge on any atom is 0.323 e. The molecule has 1 amide bonds. The zero-order valence-corrected chi connectivity index (χ0v) is 16.0. The standard InChI is InChI=1S/C21H20N4O4/c1-12-17(13(2)29-25-12)11-28-16-6-3-14(4-7-16)9-20(26)22-15-5-8-18-19(10-15)24-21(27)23-18/h3-8,10H,9,11H2,1-2H3,(H,22,26)(H2,23,24,27). The van der Waals surface area contributed by atoms with Gasteiger partial charge >= 0.3 is 5.69 Å². The molecule has 0 aliphatic rings. The second-order valence-corrected chi connectivity index (χ2v) is 6.80. The number of imidazole rings is 1. The van der Waals surface area contributed by atoms with E-state index in [0.717, 1.165) is 22.6 Å². The predicted molar refractivity (Wildman–Crippen MR) is 108 cm³/mol. The maximum absolute atomic E-state index is 12.3. The third-order valence-corrected chi connectivity index (χ3v) is 4.65. The van der Waals surface area contributed by atoms with E-state index < -0.39 is 0 Å². The summed E-state index contributed by atoms with van der Waals surface area (Å²) >= 11 is 0. The molecule has 2 aromatic carbocycles. The number of carbonyl (C=O) groups is 1. The molecule has 3 N–H and O–H groups in total. The van der Waals surface area contributed by atoms with E-state index in [1.165, 1.54) is 0 Å². The van der Waals surface area contributed by atoms with Crippen molar-refractivity contribution in [2.45, 2.75) is 26.9 Å². The summed E-state index contributed by atoms with van der Waals surface area (Å²) in [6.45, 7) is 4.11. The maximum atomic E-state index is 12.3. The number of nitrogens with zero attached hydrogens (tertiary/aromatic N) is 1. The van der Waals surface area contributed by atoms with Crippen LogP contribution in [-0.2, 0) is 17.8 Å². The number of carbonyl (C=O) groups excluding carboxylic acids is 1. The number of aromatic nitrogens is 3. The summed E-state index contributed by atoms with van der Waals surface area (Å²) in [5.41, 5.74) is 4.31. The molecule has 0 aliphatic carbocycles. The van der Waals surface area contributed by atoms with Crippen LogP contribution in [-0.4, -0.2) is 21.0 Å². The number of hydrogen-bond donors (Lipinski definition) is 3. The second-order valence-electron chi connectivity index (χ2n) is 6.80. The van der Waals surface area contributed by atoms with Crippen LogP contribution < -0.4 is 15.7 Å². The highest BCUT2D eigenvalue weighted by Gasteiger charge is 2.10. The number of benzene rings is 2. The molecule has 4 rings (SSSR count). The number of ether oxygens (including phenoxy) is 1. The Hall–Kier alpha value is -3.81. The third-order valence-electron chi connectivity index (χ3n) is 4.65. The number of fused-ring (bicyclic) bond motifs is 1. The number of amides is 1. The van der Waals surface area contributed by atoms with Gasteiger partial charge in [-0.2, -0.15) is 0 Å². The van der Waals surface area contributed by atoms with E-state index in [-0.39, 0.29) is 18.0 Å². The van der Waals surface area contributed by atoms with E-state index in [2.05, 4.69) is 20.4 Å². The molecule has 4 aromatic rings. The van der Waals surface area contributed by atoms with Gasteiger partial charge in [-0.1, -0.05) is 17.3 Å². The molecule has 0 bridgehead atoms. The Bertz CT molecular complexity index is 1200. The molecule has 2 aromatic heterocycles. The molecule has 29 heavy (non-hydrogen) atoms. The first-order valence-corrected chi connectivity index (χ1v) is 9.13. The van der Waals surface area contributed by atoms with Crippen molar-refractivity contribution in [1.29, 1.82) is 0 Å². The van der Waals surface area contributed by atoms with Gasteiger partial charge in [-0.05, 0) is 49.7 Å². The lowest BCUT2D eigenvalue weighted by Crippen LogP contribution is -2.14. The van der Waals surface area contributed by atoms with E-state index in [1.54, 1.807) is 18.2 Å². The minimum atomic E-state index is -0.278. The Morgan fingerprint density at radius 2 is 1.86 bits per heavy atom. The molecule has 0 fully saturated rings. The van der Waals surface area contributed by atoms with E-state index >= 15 is 0 Å². The fourth-order valence-electron chi connectivity index (χ4n) is 3.07. The van der Waals surface area contributed by atoms with E-state index in [4.69, 9.17) is 9.26 Å². The molecule has 0 aliphatic heterocycles. The molecule has 148 valence electrons. The Kier molecular flexibility index (Phi) is 4.90. The summed E-state index contributed by atoms with van der Waals surface area (Å²) in [4.78, 5) is 29.0. The first-order chi connectivity index (χ1) is 14.0. The van der Waals surface area contributed by atoms with Gasteiger partial charge < -0.3 is 24.5 Å². The Balaban J connectivity index is 1.35. The van der Waals surface area contributed by atoms with Crippen molar-refractivity contribution >= 4 is 22.6 Å². The van der Waals surface area contributed by atoms with Gasteiger partial charge in [-0.25, -0.2) is 4.79 Å². The van der Waals surface area contributed by atoms with Crippen molar-refractivity contribution in [1.82, 2.24) is 15.1 Å². The first-order valence-electron chi connectivity index (χ1n) is 9.13. The molecule has 8 heteroatoms. The number of hydrogen-bond acceptors (Lipinski definition) is 5. The largest absolute Gasteiger partial charge is 0.489 e. The van der Waals surface area contributed by atoms with Gasteiger partial charge in [0.2, 0.25) is 5.91 Å². The smallest absolute Gasteiger partial charge is 0.323 e. The highest BCUT2D eigenvalue weighted by Crippen LogP contribution is 2.19. The van der Waals surface area contributed by atoms with E-state index in [1.807, 2.05) is 38.1 Å². The average molecular weight is 392 g/mol. The van der Waals surface area contributed by atoms with Crippen molar-refractivity contribution in [3.63, 3.8) is 0 Å². The van der Waals surface area contributed by atoms with Crippen LogP contribution in [0.1, 0.15) is 22.6 Å². The third kappa shape index (κ3) is 4.21. The average Bonchev–Trinajstić information content (AvgIpc) is 3.21. The van der Waals surface area contributed by atoms with Crippen LogP contribution in [0.3, 0.4) is 0 Å². The number of aromatic amines is 2. The molecule has 0 saturated heterocycles. The number of H-pyrrole nitrogens is 2. The van der Waals surface area contributed by atoms with Gasteiger partial charge in [-0.15, -0.1) is 0 Å². The minimum absolute atomic E-state index is 0.147. The molecule has 2 heterocycles. The lowest BCUT2D eigenvalue weighted by atomic mass is 10.1. The van der Waals surface area contributed by atoms with Gasteiger partial charge in [0.1, 0.15) is 18.1 Å². The van der Waals surface area contributed by atoms with Crippen LogP contribution in [0.5, 0.6) is 5.75 Å². The van der Waals surface area contributed by atoms with Crippen LogP contribution in [0.4, 0.5) is 5.69 Å². The van der Waals surface area contributed by atoms with Crippen LogP contribution >= 0.6 is 0 Å². The number of anilines is 1. The van der Waals surface area contributed by atoms with Gasteiger partial charge in [0.05, 0.1) is 28.7 Å². The van der Waals surface area contributed by atoms with Crippen molar-refractivity contribution in [3.05, 3.63) is 75.5 Å². The zero-order valence-electron chi connectivity index (χ0n) is 16.0. The summed E-state index contributed by atoms with van der Waals surface area (Å²) in [6, 6.07) is 12.6. The molecule has 0 atom stereocenters. The number of aryl methyl sites for hydroxylation is 2. The van der Waals surface area contributed by atoms with Gasteiger partial charge in [0.25, 0.3) is 0 Å². The summed E-state index contributed by atoms with van der Waals surface area (Å²) < 4.78 is 10.9. The van der Waals surface area contributed by atoms with Gasteiger partial charge in [0, 0.05) is 5.69 Å². The Labute approximate surface area is 165 Å². The van der Waals surface area contributed by atoms with Crippen molar-refractivity contribution in [3.8, 4) is 5.75 Å².